The molecule has 0 radical (unpaired) electrons. The molecule has 0 bridgehead atoms. The minimum atomic E-state index is -0.433. The lowest BCUT2D eigenvalue weighted by Gasteiger charge is -2.38. The molecular weight excluding hydrogens is 365 g/mol. The Kier molecular flexibility index (Phi) is 4.16. The Labute approximate surface area is 170 Å². The highest BCUT2D eigenvalue weighted by Gasteiger charge is 2.54. The molecule has 29 heavy (non-hydrogen) atoms. The number of carbonyl (C=O) groups excluding carboxylic acids is 1. The van der Waals surface area contributed by atoms with Crippen LogP contribution in [0, 0.1) is 19.7 Å². The maximum Gasteiger partial charge on any atom is 0.233 e. The van der Waals surface area contributed by atoms with Gasteiger partial charge in [-0.3, -0.25) is 4.79 Å². The van der Waals surface area contributed by atoms with Crippen molar-refractivity contribution in [1.29, 1.82) is 0 Å². The number of rotatable bonds is 3. The number of aromatic amines is 1. The third kappa shape index (κ3) is 2.91. The van der Waals surface area contributed by atoms with E-state index in [1.54, 1.807) is 6.07 Å². The number of nitrogens with zero attached hydrogens (tertiary/aromatic N) is 2. The molecule has 5 rings (SSSR count). The summed E-state index contributed by atoms with van der Waals surface area (Å²) < 4.78 is 13.5. The first-order valence-corrected chi connectivity index (χ1v) is 10.4. The molecule has 2 fully saturated rings. The number of fused-ring (bicyclic) bond motifs is 1. The van der Waals surface area contributed by atoms with Gasteiger partial charge in [0.15, 0.2) is 0 Å². The standard InChI is InChI=1S/C24H26FN3O/c1-16-4-3-5-22(17(16)2)27-10-12-28(13-11-27)23(29)24(8-9-24)20-15-26-21-14-18(25)6-7-19(20)21/h3-7,14-15,26H,8-13H2,1-2H3. The van der Waals surface area contributed by atoms with Crippen molar-refractivity contribution in [2.45, 2.75) is 32.1 Å². The number of anilines is 1. The summed E-state index contributed by atoms with van der Waals surface area (Å²) in [6.07, 6.45) is 3.64. The number of H-pyrrole nitrogens is 1. The fourth-order valence-electron chi connectivity index (χ4n) is 4.75. The zero-order chi connectivity index (χ0) is 20.2. The van der Waals surface area contributed by atoms with Crippen LogP contribution in [0.2, 0.25) is 0 Å². The van der Waals surface area contributed by atoms with Gasteiger partial charge >= 0.3 is 0 Å². The third-order valence-electron chi connectivity index (χ3n) is 6.80. The van der Waals surface area contributed by atoms with E-state index in [9.17, 15) is 9.18 Å². The molecule has 0 spiro atoms. The molecule has 1 saturated heterocycles. The van der Waals surface area contributed by atoms with Crippen LogP contribution in [0.3, 0.4) is 0 Å². The van der Waals surface area contributed by atoms with Crippen LogP contribution in [0.15, 0.2) is 42.6 Å². The number of carbonyl (C=O) groups is 1. The summed E-state index contributed by atoms with van der Waals surface area (Å²) in [6.45, 7) is 7.50. The smallest absolute Gasteiger partial charge is 0.233 e. The normalized spacial score (nSPS) is 18.3. The average Bonchev–Trinajstić information content (AvgIpc) is 3.43. The number of aryl methyl sites for hydroxylation is 1. The maximum absolute atomic E-state index is 13.5. The summed E-state index contributed by atoms with van der Waals surface area (Å²) >= 11 is 0. The molecule has 2 heterocycles. The Balaban J connectivity index is 1.34. The van der Waals surface area contributed by atoms with Crippen molar-refractivity contribution >= 4 is 22.5 Å². The number of piperazine rings is 1. The van der Waals surface area contributed by atoms with Crippen LogP contribution >= 0.6 is 0 Å². The van der Waals surface area contributed by atoms with E-state index in [0.717, 1.165) is 55.5 Å². The predicted molar refractivity (Wildman–Crippen MR) is 114 cm³/mol. The van der Waals surface area contributed by atoms with Gasteiger partial charge in [0, 0.05) is 49.0 Å². The molecule has 150 valence electrons. The summed E-state index contributed by atoms with van der Waals surface area (Å²) in [6, 6.07) is 11.2. The van der Waals surface area contributed by atoms with E-state index < -0.39 is 5.41 Å². The van der Waals surface area contributed by atoms with Crippen LogP contribution in [-0.2, 0) is 10.2 Å². The number of nitrogens with one attached hydrogen (secondary N) is 1. The number of hydrogen-bond acceptors (Lipinski definition) is 2. The molecule has 1 aromatic heterocycles. The number of halogens is 1. The third-order valence-corrected chi connectivity index (χ3v) is 6.80. The highest BCUT2D eigenvalue weighted by molar-refractivity contribution is 5.97. The van der Waals surface area contributed by atoms with Gasteiger partial charge in [-0.2, -0.15) is 0 Å². The first-order chi connectivity index (χ1) is 14.0. The molecule has 3 aromatic rings. The number of amides is 1. The molecule has 4 nitrogen and oxygen atoms in total. The molecule has 2 aromatic carbocycles. The van der Waals surface area contributed by atoms with Gasteiger partial charge in [-0.05, 0) is 67.6 Å². The van der Waals surface area contributed by atoms with Crippen molar-refractivity contribution in [3.05, 3.63) is 65.1 Å². The summed E-state index contributed by atoms with van der Waals surface area (Å²) in [5.41, 5.74) is 5.24. The van der Waals surface area contributed by atoms with Gasteiger partial charge < -0.3 is 14.8 Å². The molecule has 0 unspecified atom stereocenters. The Hall–Kier alpha value is -2.82. The number of hydrogen-bond donors (Lipinski definition) is 1. The first kappa shape index (κ1) is 18.2. The second-order valence-corrected chi connectivity index (χ2v) is 8.47. The number of aromatic nitrogens is 1. The molecule has 1 aliphatic carbocycles. The lowest BCUT2D eigenvalue weighted by molar-refractivity contribution is -0.134. The molecule has 2 aliphatic rings. The van der Waals surface area contributed by atoms with Crippen LogP contribution in [0.4, 0.5) is 10.1 Å². The minimum absolute atomic E-state index is 0.225. The van der Waals surface area contributed by atoms with Gasteiger partial charge in [0.1, 0.15) is 5.82 Å². The zero-order valence-electron chi connectivity index (χ0n) is 17.0. The Morgan fingerprint density at radius 3 is 2.55 bits per heavy atom. The van der Waals surface area contributed by atoms with Gasteiger partial charge in [0.25, 0.3) is 0 Å². The van der Waals surface area contributed by atoms with Crippen molar-refractivity contribution in [3.8, 4) is 0 Å². The second-order valence-electron chi connectivity index (χ2n) is 8.47. The van der Waals surface area contributed by atoms with E-state index in [1.165, 1.54) is 28.9 Å². The fraction of sp³-hybridized carbons (Fsp3) is 0.375. The second kappa shape index (κ2) is 6.61. The van der Waals surface area contributed by atoms with Crippen LogP contribution in [0.1, 0.15) is 29.5 Å². The van der Waals surface area contributed by atoms with Gasteiger partial charge in [0.05, 0.1) is 5.41 Å². The Morgan fingerprint density at radius 1 is 1.07 bits per heavy atom. The maximum atomic E-state index is 13.5. The van der Waals surface area contributed by atoms with Crippen molar-refractivity contribution < 1.29 is 9.18 Å². The fourth-order valence-corrected chi connectivity index (χ4v) is 4.75. The SMILES string of the molecule is Cc1cccc(N2CCN(C(=O)C3(c4c[nH]c5cc(F)ccc45)CC3)CC2)c1C. The topological polar surface area (TPSA) is 39.3 Å². The molecule has 1 saturated carbocycles. The highest BCUT2D eigenvalue weighted by Crippen LogP contribution is 2.52. The number of benzene rings is 2. The Morgan fingerprint density at radius 2 is 1.83 bits per heavy atom. The average molecular weight is 391 g/mol. The molecule has 5 heteroatoms. The van der Waals surface area contributed by atoms with Gasteiger partial charge in [-0.15, -0.1) is 0 Å². The van der Waals surface area contributed by atoms with E-state index in [-0.39, 0.29) is 11.7 Å². The van der Waals surface area contributed by atoms with Gasteiger partial charge in [-0.1, -0.05) is 12.1 Å². The summed E-state index contributed by atoms with van der Waals surface area (Å²) in [4.78, 5) is 21.0. The molecule has 1 amide bonds. The minimum Gasteiger partial charge on any atom is -0.368 e. The molecule has 1 N–H and O–H groups in total. The van der Waals surface area contributed by atoms with Crippen molar-refractivity contribution in [2.24, 2.45) is 0 Å². The van der Waals surface area contributed by atoms with Crippen LogP contribution in [0.25, 0.3) is 10.9 Å². The summed E-state index contributed by atoms with van der Waals surface area (Å²) in [7, 11) is 0. The van der Waals surface area contributed by atoms with Crippen molar-refractivity contribution in [2.75, 3.05) is 31.1 Å². The predicted octanol–water partition coefficient (Wildman–Crippen LogP) is 4.30. The molecule has 0 atom stereocenters. The largest absolute Gasteiger partial charge is 0.368 e. The first-order valence-electron chi connectivity index (χ1n) is 10.4. The lowest BCUT2D eigenvalue weighted by atomic mass is 9.93. The molecule has 1 aliphatic heterocycles. The lowest BCUT2D eigenvalue weighted by Crippen LogP contribution is -2.51. The van der Waals surface area contributed by atoms with E-state index >= 15 is 0 Å². The highest BCUT2D eigenvalue weighted by atomic mass is 19.1. The van der Waals surface area contributed by atoms with Crippen LogP contribution in [-0.4, -0.2) is 42.0 Å². The monoisotopic (exact) mass is 391 g/mol. The van der Waals surface area contributed by atoms with Crippen molar-refractivity contribution in [1.82, 2.24) is 9.88 Å². The van der Waals surface area contributed by atoms with Crippen molar-refractivity contribution in [3.63, 3.8) is 0 Å². The molecular formula is C24H26FN3O. The van der Waals surface area contributed by atoms with Crippen LogP contribution < -0.4 is 4.90 Å². The van der Waals surface area contributed by atoms with Gasteiger partial charge in [0.2, 0.25) is 5.91 Å². The zero-order valence-corrected chi connectivity index (χ0v) is 17.0. The van der Waals surface area contributed by atoms with Crippen LogP contribution in [0.5, 0.6) is 0 Å². The summed E-state index contributed by atoms with van der Waals surface area (Å²) in [5, 5.41) is 0.964. The summed E-state index contributed by atoms with van der Waals surface area (Å²) in [5.74, 6) is -0.0343. The van der Waals surface area contributed by atoms with E-state index in [1.807, 2.05) is 11.1 Å². The van der Waals surface area contributed by atoms with E-state index in [0.29, 0.717) is 0 Å². The van der Waals surface area contributed by atoms with E-state index in [2.05, 4.69) is 41.9 Å². The van der Waals surface area contributed by atoms with Gasteiger partial charge in [-0.25, -0.2) is 4.39 Å². The Bertz CT molecular complexity index is 1090. The van der Waals surface area contributed by atoms with E-state index in [4.69, 9.17) is 0 Å². The quantitative estimate of drug-likeness (QED) is 0.723.